The molecular formula is C52H32S. The molecule has 11 rings (SSSR count). The van der Waals surface area contributed by atoms with Crippen LogP contribution in [0.2, 0.25) is 0 Å². The van der Waals surface area contributed by atoms with E-state index in [1.54, 1.807) is 0 Å². The van der Waals surface area contributed by atoms with Crippen molar-refractivity contribution < 1.29 is 0 Å². The molecule has 1 heteroatoms. The van der Waals surface area contributed by atoms with Crippen molar-refractivity contribution in [1.29, 1.82) is 0 Å². The number of fused-ring (bicyclic) bond motifs is 10. The van der Waals surface area contributed by atoms with Crippen LogP contribution in [-0.4, -0.2) is 0 Å². The first-order valence-corrected chi connectivity index (χ1v) is 19.1. The van der Waals surface area contributed by atoms with Gasteiger partial charge in [-0.3, -0.25) is 0 Å². The molecule has 0 aliphatic heterocycles. The molecule has 0 saturated heterocycles. The molecule has 10 aromatic carbocycles. The molecule has 0 saturated carbocycles. The van der Waals surface area contributed by atoms with E-state index in [1.165, 1.54) is 108 Å². The highest BCUT2D eigenvalue weighted by Crippen LogP contribution is 2.47. The molecule has 0 fully saturated rings. The van der Waals surface area contributed by atoms with Crippen LogP contribution in [-0.2, 0) is 0 Å². The van der Waals surface area contributed by atoms with Gasteiger partial charge >= 0.3 is 0 Å². The van der Waals surface area contributed by atoms with Gasteiger partial charge in [-0.25, -0.2) is 0 Å². The Labute approximate surface area is 311 Å². The Morgan fingerprint density at radius 3 is 1.34 bits per heavy atom. The molecule has 0 aliphatic rings. The SMILES string of the molecule is c1ccc(-c2ccc(-c3c4ccccc4c(-c4cccc(-c5ccc6c(c5)sc5c7ccccc7c7ccccc7c65)c4)c4ccccc34)cc2)cc1. The molecule has 0 unspecified atom stereocenters. The summed E-state index contributed by atoms with van der Waals surface area (Å²) < 4.78 is 2.69. The van der Waals surface area contributed by atoms with Crippen LogP contribution in [0.25, 0.3) is 108 Å². The van der Waals surface area contributed by atoms with E-state index in [9.17, 15) is 0 Å². The normalized spacial score (nSPS) is 11.8. The van der Waals surface area contributed by atoms with E-state index in [2.05, 4.69) is 194 Å². The topological polar surface area (TPSA) is 0 Å². The average molecular weight is 689 g/mol. The summed E-state index contributed by atoms with van der Waals surface area (Å²) in [6.07, 6.45) is 0. The fraction of sp³-hybridized carbons (Fsp3) is 0. The highest BCUT2D eigenvalue weighted by atomic mass is 32.1. The summed E-state index contributed by atoms with van der Waals surface area (Å²) in [7, 11) is 0. The molecule has 0 radical (unpaired) electrons. The number of hydrogen-bond donors (Lipinski definition) is 0. The quantitative estimate of drug-likeness (QED) is 0.128. The molecule has 0 N–H and O–H groups in total. The molecule has 0 bridgehead atoms. The van der Waals surface area contributed by atoms with Gasteiger partial charge in [0.05, 0.1) is 0 Å². The Bertz CT molecular complexity index is 3150. The summed E-state index contributed by atoms with van der Waals surface area (Å²) in [5.41, 5.74) is 9.96. The van der Waals surface area contributed by atoms with Crippen molar-refractivity contribution in [2.75, 3.05) is 0 Å². The van der Waals surface area contributed by atoms with E-state index in [0.717, 1.165) is 0 Å². The second-order valence-electron chi connectivity index (χ2n) is 14.0. The molecule has 53 heavy (non-hydrogen) atoms. The third-order valence-electron chi connectivity index (χ3n) is 11.0. The van der Waals surface area contributed by atoms with Gasteiger partial charge in [0, 0.05) is 25.6 Å². The van der Waals surface area contributed by atoms with Gasteiger partial charge in [-0.05, 0) is 94.3 Å². The van der Waals surface area contributed by atoms with Crippen LogP contribution >= 0.6 is 11.3 Å². The average Bonchev–Trinajstić information content (AvgIpc) is 3.63. The second kappa shape index (κ2) is 12.0. The van der Waals surface area contributed by atoms with E-state index < -0.39 is 0 Å². The lowest BCUT2D eigenvalue weighted by Gasteiger charge is -2.18. The van der Waals surface area contributed by atoms with Crippen molar-refractivity contribution in [2.45, 2.75) is 0 Å². The molecule has 0 amide bonds. The van der Waals surface area contributed by atoms with Crippen LogP contribution in [0.3, 0.4) is 0 Å². The number of rotatable bonds is 4. The minimum atomic E-state index is 1.23. The maximum absolute atomic E-state index is 2.40. The lowest BCUT2D eigenvalue weighted by Crippen LogP contribution is -1.91. The van der Waals surface area contributed by atoms with E-state index >= 15 is 0 Å². The van der Waals surface area contributed by atoms with Crippen molar-refractivity contribution in [3.63, 3.8) is 0 Å². The van der Waals surface area contributed by atoms with Crippen molar-refractivity contribution >= 4 is 74.6 Å². The zero-order chi connectivity index (χ0) is 34.9. The van der Waals surface area contributed by atoms with Gasteiger partial charge < -0.3 is 0 Å². The summed E-state index contributed by atoms with van der Waals surface area (Å²) in [6.45, 7) is 0. The zero-order valence-corrected chi connectivity index (χ0v) is 29.7. The highest BCUT2D eigenvalue weighted by molar-refractivity contribution is 7.27. The van der Waals surface area contributed by atoms with Crippen molar-refractivity contribution in [3.8, 4) is 44.5 Å². The van der Waals surface area contributed by atoms with Crippen molar-refractivity contribution in [2.24, 2.45) is 0 Å². The molecule has 0 nitrogen and oxygen atoms in total. The first kappa shape index (κ1) is 30.1. The lowest BCUT2D eigenvalue weighted by molar-refractivity contribution is 1.61. The van der Waals surface area contributed by atoms with Gasteiger partial charge in [0.25, 0.3) is 0 Å². The van der Waals surface area contributed by atoms with E-state index in [0.29, 0.717) is 0 Å². The third-order valence-corrected chi connectivity index (χ3v) is 12.2. The van der Waals surface area contributed by atoms with Gasteiger partial charge in [-0.15, -0.1) is 11.3 Å². The van der Waals surface area contributed by atoms with Gasteiger partial charge in [0.2, 0.25) is 0 Å². The molecule has 246 valence electrons. The summed E-state index contributed by atoms with van der Waals surface area (Å²) in [4.78, 5) is 0. The first-order valence-electron chi connectivity index (χ1n) is 18.3. The van der Waals surface area contributed by atoms with Crippen LogP contribution < -0.4 is 0 Å². The number of hydrogen-bond acceptors (Lipinski definition) is 1. The maximum Gasteiger partial charge on any atom is 0.0440 e. The molecule has 0 aliphatic carbocycles. The number of benzene rings is 10. The van der Waals surface area contributed by atoms with Crippen molar-refractivity contribution in [3.05, 3.63) is 194 Å². The minimum absolute atomic E-state index is 1.23. The Kier molecular flexibility index (Phi) is 6.83. The second-order valence-corrected chi connectivity index (χ2v) is 15.0. The zero-order valence-electron chi connectivity index (χ0n) is 28.9. The van der Waals surface area contributed by atoms with Crippen LogP contribution in [0, 0.1) is 0 Å². The van der Waals surface area contributed by atoms with Crippen molar-refractivity contribution in [1.82, 2.24) is 0 Å². The molecule has 1 aromatic heterocycles. The maximum atomic E-state index is 2.40. The fourth-order valence-electron chi connectivity index (χ4n) is 8.65. The van der Waals surface area contributed by atoms with Crippen LogP contribution in [0.4, 0.5) is 0 Å². The van der Waals surface area contributed by atoms with E-state index in [4.69, 9.17) is 0 Å². The van der Waals surface area contributed by atoms with Gasteiger partial charge in [0.15, 0.2) is 0 Å². The Hall–Kier alpha value is -6.54. The summed E-state index contributed by atoms with van der Waals surface area (Å²) in [5.74, 6) is 0. The number of thiophene rings is 1. The van der Waals surface area contributed by atoms with Gasteiger partial charge in [0.1, 0.15) is 0 Å². The lowest BCUT2D eigenvalue weighted by atomic mass is 9.85. The fourth-order valence-corrected chi connectivity index (χ4v) is 9.95. The molecule has 0 atom stereocenters. The molecular weight excluding hydrogens is 657 g/mol. The molecule has 11 aromatic rings. The Morgan fingerprint density at radius 2 is 0.679 bits per heavy atom. The Morgan fingerprint density at radius 1 is 0.245 bits per heavy atom. The van der Waals surface area contributed by atoms with Crippen LogP contribution in [0.1, 0.15) is 0 Å². The largest absolute Gasteiger partial charge is 0.134 e. The summed E-state index contributed by atoms with van der Waals surface area (Å²) in [6, 6.07) is 71.5. The Balaban J connectivity index is 1.08. The van der Waals surface area contributed by atoms with Crippen LogP contribution in [0.15, 0.2) is 194 Å². The monoisotopic (exact) mass is 688 g/mol. The predicted molar refractivity (Wildman–Crippen MR) is 231 cm³/mol. The minimum Gasteiger partial charge on any atom is -0.134 e. The third kappa shape index (κ3) is 4.75. The highest BCUT2D eigenvalue weighted by Gasteiger charge is 2.18. The molecule has 1 heterocycles. The van der Waals surface area contributed by atoms with Gasteiger partial charge in [-0.2, -0.15) is 0 Å². The van der Waals surface area contributed by atoms with E-state index in [-0.39, 0.29) is 0 Å². The standard InChI is InChI=1S/C52H32S/c1-2-13-33(14-3-1)34-25-27-35(28-26-34)49-42-20-7-9-22-44(42)50(45-23-10-8-21-43(45)49)38-16-12-15-36(31-38)37-29-30-47-48(32-37)53-52-46-24-11-5-18-40(46)39-17-4-6-19-41(39)51(47)52/h1-32H. The summed E-state index contributed by atoms with van der Waals surface area (Å²) >= 11 is 1.92. The first-order chi connectivity index (χ1) is 26.3. The van der Waals surface area contributed by atoms with Crippen LogP contribution in [0.5, 0.6) is 0 Å². The smallest absolute Gasteiger partial charge is 0.0440 e. The van der Waals surface area contributed by atoms with E-state index in [1.807, 2.05) is 11.3 Å². The predicted octanol–water partition coefficient (Wildman–Crippen LogP) is 15.3. The summed E-state index contributed by atoms with van der Waals surface area (Å²) in [5, 5.41) is 13.1. The molecule has 0 spiro atoms. The van der Waals surface area contributed by atoms with Gasteiger partial charge in [-0.1, -0.05) is 182 Å².